The van der Waals surface area contributed by atoms with Crippen LogP contribution in [0.3, 0.4) is 0 Å². The van der Waals surface area contributed by atoms with Crippen LogP contribution in [0.4, 0.5) is 5.69 Å². The molecule has 0 spiro atoms. The Morgan fingerprint density at radius 1 is 1.48 bits per heavy atom. The van der Waals surface area contributed by atoms with Gasteiger partial charge in [-0.05, 0) is 31.5 Å². The number of carbonyl (C=O) groups is 1. The van der Waals surface area contributed by atoms with E-state index in [9.17, 15) is 4.79 Å². The van der Waals surface area contributed by atoms with E-state index in [1.165, 1.54) is 0 Å². The Bertz CT molecular complexity index is 622. The Balaban J connectivity index is 1.98. The van der Waals surface area contributed by atoms with Crippen LogP contribution in [0.5, 0.6) is 5.75 Å². The quantitative estimate of drug-likeness (QED) is 0.791. The van der Waals surface area contributed by atoms with Crippen molar-refractivity contribution in [2.45, 2.75) is 20.4 Å². The monoisotopic (exact) mass is 288 g/mol. The van der Waals surface area contributed by atoms with Gasteiger partial charge in [-0.25, -0.2) is 0 Å². The lowest BCUT2D eigenvalue weighted by molar-refractivity contribution is 0.0948. The average molecular weight is 288 g/mol. The van der Waals surface area contributed by atoms with Crippen molar-refractivity contribution in [1.29, 1.82) is 0 Å². The third-order valence-electron chi connectivity index (χ3n) is 2.97. The molecule has 0 aliphatic carbocycles. The number of aryl methyl sites for hydroxylation is 1. The number of hydrogen-bond acceptors (Lipinski definition) is 4. The highest BCUT2D eigenvalue weighted by atomic mass is 16.5. The van der Waals surface area contributed by atoms with Crippen LogP contribution in [0.15, 0.2) is 30.6 Å². The number of nitrogen functional groups attached to an aromatic ring is 1. The third kappa shape index (κ3) is 3.75. The van der Waals surface area contributed by atoms with Crippen molar-refractivity contribution in [3.05, 3.63) is 41.7 Å². The van der Waals surface area contributed by atoms with E-state index in [2.05, 4.69) is 10.4 Å². The Hall–Kier alpha value is -2.50. The summed E-state index contributed by atoms with van der Waals surface area (Å²) in [4.78, 5) is 12.2. The molecule has 0 saturated heterocycles. The summed E-state index contributed by atoms with van der Waals surface area (Å²) in [5.74, 6) is 0.238. The maximum absolute atomic E-state index is 12.2. The summed E-state index contributed by atoms with van der Waals surface area (Å²) in [6, 6.07) is 5.16. The van der Waals surface area contributed by atoms with Crippen molar-refractivity contribution in [3.8, 4) is 5.75 Å². The number of hydrogen-bond donors (Lipinski definition) is 2. The molecular formula is C15H20N4O2. The first-order chi connectivity index (χ1) is 10.1. The molecule has 0 aliphatic rings. The number of nitrogens with one attached hydrogen (secondary N) is 1. The van der Waals surface area contributed by atoms with Gasteiger partial charge in [0.05, 0.1) is 30.6 Å². The van der Waals surface area contributed by atoms with Crippen LogP contribution in [0.1, 0.15) is 22.8 Å². The largest absolute Gasteiger partial charge is 0.491 e. The van der Waals surface area contributed by atoms with Crippen molar-refractivity contribution in [1.82, 2.24) is 15.1 Å². The zero-order valence-electron chi connectivity index (χ0n) is 12.3. The molecule has 0 saturated carbocycles. The van der Waals surface area contributed by atoms with Gasteiger partial charge >= 0.3 is 0 Å². The zero-order chi connectivity index (χ0) is 15.2. The normalized spacial score (nSPS) is 10.4. The standard InChI is InChI=1S/C15H20N4O2/c1-3-21-14-12(5-4-6-13(14)16)15(20)17-7-8-19-10-11(2)9-18-19/h4-6,9-10H,3,7-8,16H2,1-2H3,(H,17,20). The topological polar surface area (TPSA) is 82.2 Å². The molecule has 0 radical (unpaired) electrons. The fourth-order valence-electron chi connectivity index (χ4n) is 2.01. The number of nitrogens with zero attached hydrogens (tertiary/aromatic N) is 2. The number of anilines is 1. The first-order valence-corrected chi connectivity index (χ1v) is 6.90. The minimum absolute atomic E-state index is 0.199. The van der Waals surface area contributed by atoms with Gasteiger partial charge in [0.15, 0.2) is 5.75 Å². The van der Waals surface area contributed by atoms with Crippen molar-refractivity contribution in [3.63, 3.8) is 0 Å². The highest BCUT2D eigenvalue weighted by molar-refractivity contribution is 5.98. The fourth-order valence-corrected chi connectivity index (χ4v) is 2.01. The fraction of sp³-hybridized carbons (Fsp3) is 0.333. The van der Waals surface area contributed by atoms with E-state index >= 15 is 0 Å². The van der Waals surface area contributed by atoms with Gasteiger partial charge in [-0.15, -0.1) is 0 Å². The molecule has 2 aromatic rings. The average Bonchev–Trinajstić information content (AvgIpc) is 2.87. The summed E-state index contributed by atoms with van der Waals surface area (Å²) in [6.45, 7) is 5.39. The molecular weight excluding hydrogens is 268 g/mol. The van der Waals surface area contributed by atoms with E-state index in [4.69, 9.17) is 10.5 Å². The summed E-state index contributed by atoms with van der Waals surface area (Å²) in [6.07, 6.45) is 3.71. The van der Waals surface area contributed by atoms with E-state index < -0.39 is 0 Å². The lowest BCUT2D eigenvalue weighted by Gasteiger charge is -2.12. The molecule has 0 aliphatic heterocycles. The molecule has 2 rings (SSSR count). The molecule has 0 fully saturated rings. The van der Waals surface area contributed by atoms with Crippen LogP contribution in [-0.2, 0) is 6.54 Å². The van der Waals surface area contributed by atoms with Crippen LogP contribution in [-0.4, -0.2) is 28.8 Å². The van der Waals surface area contributed by atoms with Gasteiger partial charge in [0, 0.05) is 12.7 Å². The van der Waals surface area contributed by atoms with Crippen LogP contribution in [0.2, 0.25) is 0 Å². The number of carbonyl (C=O) groups excluding carboxylic acids is 1. The summed E-state index contributed by atoms with van der Waals surface area (Å²) in [7, 11) is 0. The molecule has 3 N–H and O–H groups in total. The molecule has 112 valence electrons. The number of aromatic nitrogens is 2. The second-order valence-corrected chi connectivity index (χ2v) is 4.69. The third-order valence-corrected chi connectivity index (χ3v) is 2.97. The number of amides is 1. The second-order valence-electron chi connectivity index (χ2n) is 4.69. The minimum Gasteiger partial charge on any atom is -0.491 e. The summed E-state index contributed by atoms with van der Waals surface area (Å²) < 4.78 is 7.24. The van der Waals surface area contributed by atoms with E-state index in [1.54, 1.807) is 29.1 Å². The molecule has 0 atom stereocenters. The van der Waals surface area contributed by atoms with Gasteiger partial charge in [0.25, 0.3) is 5.91 Å². The molecule has 1 amide bonds. The zero-order valence-corrected chi connectivity index (χ0v) is 12.3. The predicted molar refractivity (Wildman–Crippen MR) is 81.3 cm³/mol. The highest BCUT2D eigenvalue weighted by Crippen LogP contribution is 2.26. The van der Waals surface area contributed by atoms with E-state index in [0.29, 0.717) is 36.7 Å². The number of para-hydroxylation sites is 1. The van der Waals surface area contributed by atoms with E-state index in [-0.39, 0.29) is 5.91 Å². The lowest BCUT2D eigenvalue weighted by atomic mass is 10.1. The van der Waals surface area contributed by atoms with Crippen molar-refractivity contribution < 1.29 is 9.53 Å². The molecule has 6 nitrogen and oxygen atoms in total. The van der Waals surface area contributed by atoms with Crippen LogP contribution in [0.25, 0.3) is 0 Å². The maximum Gasteiger partial charge on any atom is 0.255 e. The van der Waals surface area contributed by atoms with Crippen molar-refractivity contribution in [2.24, 2.45) is 0 Å². The molecule has 1 aromatic carbocycles. The molecule has 0 bridgehead atoms. The minimum atomic E-state index is -0.199. The number of rotatable bonds is 6. The van der Waals surface area contributed by atoms with Gasteiger partial charge < -0.3 is 15.8 Å². The van der Waals surface area contributed by atoms with Crippen molar-refractivity contribution >= 4 is 11.6 Å². The lowest BCUT2D eigenvalue weighted by Crippen LogP contribution is -2.28. The summed E-state index contributed by atoms with van der Waals surface area (Å²) in [5, 5.41) is 7.01. The summed E-state index contributed by atoms with van der Waals surface area (Å²) in [5.41, 5.74) is 7.86. The van der Waals surface area contributed by atoms with E-state index in [1.807, 2.05) is 20.0 Å². The number of ether oxygens (including phenoxy) is 1. The van der Waals surface area contributed by atoms with Gasteiger partial charge in [-0.1, -0.05) is 6.07 Å². The van der Waals surface area contributed by atoms with Crippen LogP contribution in [0, 0.1) is 6.92 Å². The molecule has 1 aromatic heterocycles. The highest BCUT2D eigenvalue weighted by Gasteiger charge is 2.14. The molecule has 1 heterocycles. The van der Waals surface area contributed by atoms with Crippen LogP contribution < -0.4 is 15.8 Å². The van der Waals surface area contributed by atoms with Gasteiger partial charge in [0.2, 0.25) is 0 Å². The first kappa shape index (κ1) is 14.9. The number of nitrogens with two attached hydrogens (primary N) is 1. The van der Waals surface area contributed by atoms with Gasteiger partial charge in [-0.3, -0.25) is 9.48 Å². The Morgan fingerprint density at radius 2 is 2.29 bits per heavy atom. The second kappa shape index (κ2) is 6.78. The van der Waals surface area contributed by atoms with E-state index in [0.717, 1.165) is 5.56 Å². The molecule has 0 unspecified atom stereocenters. The Labute approximate surface area is 123 Å². The molecule has 21 heavy (non-hydrogen) atoms. The smallest absolute Gasteiger partial charge is 0.255 e. The number of benzene rings is 1. The Morgan fingerprint density at radius 3 is 2.95 bits per heavy atom. The van der Waals surface area contributed by atoms with Crippen molar-refractivity contribution in [2.75, 3.05) is 18.9 Å². The van der Waals surface area contributed by atoms with Gasteiger partial charge in [-0.2, -0.15) is 5.10 Å². The summed E-state index contributed by atoms with van der Waals surface area (Å²) >= 11 is 0. The SMILES string of the molecule is CCOc1c(N)cccc1C(=O)NCCn1cc(C)cn1. The Kier molecular flexibility index (Phi) is 4.81. The maximum atomic E-state index is 12.2. The molecule has 6 heteroatoms. The predicted octanol–water partition coefficient (Wildman–Crippen LogP) is 1.60. The first-order valence-electron chi connectivity index (χ1n) is 6.90. The van der Waals surface area contributed by atoms with Crippen LogP contribution >= 0.6 is 0 Å². The van der Waals surface area contributed by atoms with Gasteiger partial charge in [0.1, 0.15) is 0 Å².